The Hall–Kier alpha value is -1.43. The van der Waals surface area contributed by atoms with Crippen LogP contribution in [0.1, 0.15) is 11.5 Å². The first kappa shape index (κ1) is 9.14. The van der Waals surface area contributed by atoms with Crippen molar-refractivity contribution in [1.29, 1.82) is 0 Å². The third-order valence-electron chi connectivity index (χ3n) is 1.66. The monoisotopic (exact) mass is 209 g/mol. The summed E-state index contributed by atoms with van der Waals surface area (Å²) in [6.07, 6.45) is 1.68. The first-order chi connectivity index (χ1) is 6.74. The molecule has 5 nitrogen and oxygen atoms in total. The van der Waals surface area contributed by atoms with Gasteiger partial charge in [-0.15, -0.1) is 11.3 Å². The van der Waals surface area contributed by atoms with Gasteiger partial charge >= 0.3 is 0 Å². The van der Waals surface area contributed by atoms with Crippen molar-refractivity contribution in [2.45, 2.75) is 13.5 Å². The van der Waals surface area contributed by atoms with E-state index in [-0.39, 0.29) is 0 Å². The van der Waals surface area contributed by atoms with Crippen molar-refractivity contribution in [3.63, 3.8) is 0 Å². The largest absolute Gasteiger partial charge is 0.354 e. The molecular formula is C8H11N5S. The van der Waals surface area contributed by atoms with E-state index in [0.29, 0.717) is 6.54 Å². The number of anilines is 1. The number of aromatic nitrogens is 4. The van der Waals surface area contributed by atoms with Crippen LogP contribution in [0.15, 0.2) is 11.7 Å². The molecule has 74 valence electrons. The van der Waals surface area contributed by atoms with E-state index in [2.05, 4.69) is 20.4 Å². The summed E-state index contributed by atoms with van der Waals surface area (Å²) < 4.78 is 1.68. The van der Waals surface area contributed by atoms with Gasteiger partial charge < -0.3 is 5.32 Å². The second kappa shape index (κ2) is 3.75. The average molecular weight is 209 g/mol. The maximum absolute atomic E-state index is 4.28. The van der Waals surface area contributed by atoms with Crippen LogP contribution >= 0.6 is 11.3 Å². The molecule has 0 atom stereocenters. The lowest BCUT2D eigenvalue weighted by Gasteiger charge is -1.96. The predicted octanol–water partition coefficient (Wildman–Crippen LogP) is 1.19. The van der Waals surface area contributed by atoms with Crippen LogP contribution in [-0.4, -0.2) is 19.7 Å². The van der Waals surface area contributed by atoms with Crippen molar-refractivity contribution in [3.8, 4) is 0 Å². The Labute approximate surface area is 85.8 Å². The summed E-state index contributed by atoms with van der Waals surface area (Å²) in [6.45, 7) is 2.59. The molecule has 0 saturated carbocycles. The Balaban J connectivity index is 1.94. The molecule has 0 aliphatic heterocycles. The summed E-state index contributed by atoms with van der Waals surface area (Å²) in [6, 6.07) is 0. The molecule has 2 aromatic heterocycles. The van der Waals surface area contributed by atoms with Gasteiger partial charge in [0.2, 0.25) is 0 Å². The molecule has 2 rings (SSSR count). The topological polar surface area (TPSA) is 55.6 Å². The third-order valence-corrected chi connectivity index (χ3v) is 2.58. The smallest absolute Gasteiger partial charge is 0.183 e. The van der Waals surface area contributed by atoms with Gasteiger partial charge in [-0.2, -0.15) is 5.10 Å². The van der Waals surface area contributed by atoms with Crippen molar-refractivity contribution in [1.82, 2.24) is 19.7 Å². The first-order valence-electron chi connectivity index (χ1n) is 4.24. The lowest BCUT2D eigenvalue weighted by atomic mass is 10.6. The third kappa shape index (κ3) is 2.08. The molecule has 0 amide bonds. The molecule has 0 unspecified atom stereocenters. The summed E-state index contributed by atoms with van der Waals surface area (Å²) in [7, 11) is 1.85. The highest BCUT2D eigenvalue weighted by Crippen LogP contribution is 2.14. The van der Waals surface area contributed by atoms with E-state index in [1.807, 2.05) is 19.4 Å². The van der Waals surface area contributed by atoms with Crippen molar-refractivity contribution in [2.24, 2.45) is 7.05 Å². The number of thiazole rings is 1. The summed E-state index contributed by atoms with van der Waals surface area (Å²) in [5.41, 5.74) is 1.03. The summed E-state index contributed by atoms with van der Waals surface area (Å²) >= 11 is 1.59. The van der Waals surface area contributed by atoms with Crippen LogP contribution in [-0.2, 0) is 13.6 Å². The Bertz CT molecular complexity index is 379. The van der Waals surface area contributed by atoms with Gasteiger partial charge in [-0.1, -0.05) is 0 Å². The minimum Gasteiger partial charge on any atom is -0.354 e. The molecule has 0 aromatic carbocycles. The van der Waals surface area contributed by atoms with Crippen LogP contribution in [0.4, 0.5) is 5.13 Å². The lowest BCUT2D eigenvalue weighted by molar-refractivity contribution is 0.747. The second-order valence-corrected chi connectivity index (χ2v) is 3.84. The van der Waals surface area contributed by atoms with Gasteiger partial charge in [0.25, 0.3) is 0 Å². The van der Waals surface area contributed by atoms with Crippen LogP contribution in [0.2, 0.25) is 0 Å². The Morgan fingerprint density at radius 1 is 1.57 bits per heavy atom. The molecule has 2 heterocycles. The molecule has 1 N–H and O–H groups in total. The van der Waals surface area contributed by atoms with E-state index in [4.69, 9.17) is 0 Å². The Morgan fingerprint density at radius 3 is 3.00 bits per heavy atom. The van der Waals surface area contributed by atoms with E-state index in [1.165, 1.54) is 0 Å². The van der Waals surface area contributed by atoms with E-state index in [9.17, 15) is 0 Å². The molecule has 2 aromatic rings. The fourth-order valence-electron chi connectivity index (χ4n) is 1.05. The minimum absolute atomic E-state index is 0.619. The van der Waals surface area contributed by atoms with Crippen molar-refractivity contribution < 1.29 is 0 Å². The van der Waals surface area contributed by atoms with Gasteiger partial charge in [0.1, 0.15) is 6.33 Å². The molecule has 0 aliphatic rings. The average Bonchev–Trinajstić information content (AvgIpc) is 2.72. The predicted molar refractivity (Wildman–Crippen MR) is 55.2 cm³/mol. The molecular weight excluding hydrogens is 198 g/mol. The van der Waals surface area contributed by atoms with Crippen LogP contribution in [0.25, 0.3) is 0 Å². The molecule has 0 bridgehead atoms. The normalized spacial score (nSPS) is 10.4. The van der Waals surface area contributed by atoms with Crippen LogP contribution < -0.4 is 5.32 Å². The van der Waals surface area contributed by atoms with Gasteiger partial charge in [0.05, 0.1) is 12.2 Å². The highest BCUT2D eigenvalue weighted by Gasteiger charge is 2.00. The second-order valence-electron chi connectivity index (χ2n) is 2.98. The number of nitrogens with zero attached hydrogens (tertiary/aromatic N) is 4. The van der Waals surface area contributed by atoms with E-state index in [1.54, 1.807) is 22.3 Å². The fourth-order valence-corrected chi connectivity index (χ4v) is 1.74. The van der Waals surface area contributed by atoms with Crippen molar-refractivity contribution >= 4 is 16.5 Å². The summed E-state index contributed by atoms with van der Waals surface area (Å²) in [5, 5.41) is 10.2. The highest BCUT2D eigenvalue weighted by atomic mass is 32.1. The fraction of sp³-hybridized carbons (Fsp3) is 0.375. The lowest BCUT2D eigenvalue weighted by Crippen LogP contribution is -2.01. The number of aryl methyl sites for hydroxylation is 2. The quantitative estimate of drug-likeness (QED) is 0.825. The van der Waals surface area contributed by atoms with Crippen molar-refractivity contribution in [3.05, 3.63) is 23.2 Å². The molecule has 0 aliphatic carbocycles. The maximum atomic E-state index is 4.28. The van der Waals surface area contributed by atoms with Crippen molar-refractivity contribution in [2.75, 3.05) is 5.32 Å². The molecule has 0 radical (unpaired) electrons. The standard InChI is InChI=1S/C8H11N5S/c1-6-4-14-8(11-6)9-3-7-10-5-13(2)12-7/h4-5H,3H2,1-2H3,(H,9,11). The molecule has 0 saturated heterocycles. The van der Waals surface area contributed by atoms with Crippen LogP contribution in [0, 0.1) is 6.92 Å². The Kier molecular flexibility index (Phi) is 2.45. The number of hydrogen-bond acceptors (Lipinski definition) is 5. The molecule has 14 heavy (non-hydrogen) atoms. The zero-order chi connectivity index (χ0) is 9.97. The SMILES string of the molecule is Cc1csc(NCc2ncn(C)n2)n1. The van der Waals surface area contributed by atoms with Gasteiger partial charge in [-0.05, 0) is 6.92 Å². The zero-order valence-corrected chi connectivity index (χ0v) is 8.88. The Morgan fingerprint density at radius 2 is 2.43 bits per heavy atom. The molecule has 0 spiro atoms. The van der Waals surface area contributed by atoms with Crippen LogP contribution in [0.5, 0.6) is 0 Å². The van der Waals surface area contributed by atoms with Gasteiger partial charge in [-0.25, -0.2) is 9.97 Å². The molecule has 0 fully saturated rings. The van der Waals surface area contributed by atoms with E-state index < -0.39 is 0 Å². The van der Waals surface area contributed by atoms with Gasteiger partial charge in [0, 0.05) is 12.4 Å². The summed E-state index contributed by atoms with van der Waals surface area (Å²) in [5.74, 6) is 0.778. The van der Waals surface area contributed by atoms with Crippen LogP contribution in [0.3, 0.4) is 0 Å². The number of rotatable bonds is 3. The van der Waals surface area contributed by atoms with E-state index >= 15 is 0 Å². The van der Waals surface area contributed by atoms with E-state index in [0.717, 1.165) is 16.6 Å². The first-order valence-corrected chi connectivity index (χ1v) is 5.12. The molecule has 6 heteroatoms. The minimum atomic E-state index is 0.619. The van der Waals surface area contributed by atoms with Gasteiger partial charge in [0.15, 0.2) is 11.0 Å². The van der Waals surface area contributed by atoms with Gasteiger partial charge in [-0.3, -0.25) is 4.68 Å². The zero-order valence-electron chi connectivity index (χ0n) is 8.06. The number of nitrogens with one attached hydrogen (secondary N) is 1. The highest BCUT2D eigenvalue weighted by molar-refractivity contribution is 7.13. The summed E-state index contributed by atoms with van der Waals surface area (Å²) in [4.78, 5) is 8.38. The maximum Gasteiger partial charge on any atom is 0.183 e. The number of hydrogen-bond donors (Lipinski definition) is 1.